The topological polar surface area (TPSA) is 105 Å². The highest BCUT2D eigenvalue weighted by Gasteiger charge is 2.14. The van der Waals surface area contributed by atoms with E-state index in [1.54, 1.807) is 24.3 Å². The lowest BCUT2D eigenvalue weighted by atomic mass is 10.1. The van der Waals surface area contributed by atoms with Gasteiger partial charge in [-0.15, -0.1) is 0 Å². The number of benzene rings is 2. The summed E-state index contributed by atoms with van der Waals surface area (Å²) in [6, 6.07) is 10.8. The quantitative estimate of drug-likeness (QED) is 0.507. The standard InChI is InChI=1S/C15H14N2O4/c1-20-14(18)11-7-6-9(8-13(11)17)21-15(19)10-4-2-3-5-12(10)16/h2-8H,16-17H2,1H3. The van der Waals surface area contributed by atoms with Crippen molar-refractivity contribution in [1.29, 1.82) is 0 Å². The number of rotatable bonds is 3. The van der Waals surface area contributed by atoms with Crippen LogP contribution in [-0.4, -0.2) is 19.0 Å². The van der Waals surface area contributed by atoms with E-state index in [1.165, 1.54) is 25.3 Å². The number of para-hydroxylation sites is 1. The predicted molar refractivity (Wildman–Crippen MR) is 78.0 cm³/mol. The first-order valence-corrected chi connectivity index (χ1v) is 6.07. The molecule has 0 bridgehead atoms. The molecule has 6 heteroatoms. The monoisotopic (exact) mass is 286 g/mol. The Kier molecular flexibility index (Phi) is 4.08. The van der Waals surface area contributed by atoms with E-state index in [9.17, 15) is 9.59 Å². The van der Waals surface area contributed by atoms with Gasteiger partial charge in [-0.05, 0) is 24.3 Å². The normalized spacial score (nSPS) is 9.95. The summed E-state index contributed by atoms with van der Waals surface area (Å²) in [6.45, 7) is 0. The Balaban J connectivity index is 2.21. The summed E-state index contributed by atoms with van der Waals surface area (Å²) < 4.78 is 9.76. The van der Waals surface area contributed by atoms with Crippen LogP contribution < -0.4 is 16.2 Å². The molecular formula is C15H14N2O4. The Morgan fingerprint density at radius 3 is 2.19 bits per heavy atom. The first-order chi connectivity index (χ1) is 10.0. The molecule has 0 fully saturated rings. The highest BCUT2D eigenvalue weighted by atomic mass is 16.5. The molecule has 0 radical (unpaired) electrons. The van der Waals surface area contributed by atoms with Gasteiger partial charge >= 0.3 is 11.9 Å². The number of hydrogen-bond acceptors (Lipinski definition) is 6. The molecule has 0 atom stereocenters. The van der Waals surface area contributed by atoms with E-state index >= 15 is 0 Å². The molecule has 2 rings (SSSR count). The van der Waals surface area contributed by atoms with Gasteiger partial charge in [0.15, 0.2) is 0 Å². The molecule has 2 aromatic carbocycles. The molecule has 0 aromatic heterocycles. The van der Waals surface area contributed by atoms with Crippen LogP contribution in [0.3, 0.4) is 0 Å². The molecule has 108 valence electrons. The van der Waals surface area contributed by atoms with Crippen molar-refractivity contribution in [2.24, 2.45) is 0 Å². The van der Waals surface area contributed by atoms with Crippen LogP contribution in [0.5, 0.6) is 5.75 Å². The SMILES string of the molecule is COC(=O)c1ccc(OC(=O)c2ccccc2N)cc1N. The van der Waals surface area contributed by atoms with Crippen molar-refractivity contribution in [3.63, 3.8) is 0 Å². The van der Waals surface area contributed by atoms with E-state index in [0.29, 0.717) is 5.69 Å². The Bertz CT molecular complexity index is 698. The maximum Gasteiger partial charge on any atom is 0.345 e. The molecule has 0 saturated heterocycles. The van der Waals surface area contributed by atoms with Crippen LogP contribution in [0.15, 0.2) is 42.5 Å². The Hall–Kier alpha value is -3.02. The Morgan fingerprint density at radius 1 is 0.905 bits per heavy atom. The van der Waals surface area contributed by atoms with Gasteiger partial charge in [-0.1, -0.05) is 12.1 Å². The summed E-state index contributed by atoms with van der Waals surface area (Å²) in [6.07, 6.45) is 0. The molecule has 0 heterocycles. The summed E-state index contributed by atoms with van der Waals surface area (Å²) in [5, 5.41) is 0. The van der Waals surface area contributed by atoms with Crippen LogP contribution >= 0.6 is 0 Å². The van der Waals surface area contributed by atoms with Gasteiger partial charge in [0.1, 0.15) is 5.75 Å². The first-order valence-electron chi connectivity index (χ1n) is 6.07. The van der Waals surface area contributed by atoms with Gasteiger partial charge in [0, 0.05) is 17.4 Å². The molecule has 0 spiro atoms. The van der Waals surface area contributed by atoms with Gasteiger partial charge in [-0.25, -0.2) is 9.59 Å². The number of anilines is 2. The molecule has 0 aliphatic carbocycles. The Morgan fingerprint density at radius 2 is 1.57 bits per heavy atom. The van der Waals surface area contributed by atoms with Crippen molar-refractivity contribution in [2.75, 3.05) is 18.6 Å². The minimum atomic E-state index is -0.599. The van der Waals surface area contributed by atoms with E-state index in [0.717, 1.165) is 0 Å². The zero-order valence-corrected chi connectivity index (χ0v) is 11.3. The summed E-state index contributed by atoms with van der Waals surface area (Å²) in [4.78, 5) is 23.4. The molecule has 0 aliphatic rings. The molecular weight excluding hydrogens is 272 g/mol. The molecule has 6 nitrogen and oxygen atoms in total. The number of methoxy groups -OCH3 is 1. The number of carbonyl (C=O) groups is 2. The van der Waals surface area contributed by atoms with E-state index in [4.69, 9.17) is 16.2 Å². The fourth-order valence-corrected chi connectivity index (χ4v) is 1.75. The third-order valence-electron chi connectivity index (χ3n) is 2.82. The minimum absolute atomic E-state index is 0.160. The highest BCUT2D eigenvalue weighted by molar-refractivity contribution is 5.97. The summed E-state index contributed by atoms with van der Waals surface area (Å²) in [7, 11) is 1.26. The van der Waals surface area contributed by atoms with E-state index < -0.39 is 11.9 Å². The van der Waals surface area contributed by atoms with Crippen molar-refractivity contribution < 1.29 is 19.1 Å². The largest absolute Gasteiger partial charge is 0.465 e. The lowest BCUT2D eigenvalue weighted by molar-refractivity contribution is 0.0602. The van der Waals surface area contributed by atoms with Crippen molar-refractivity contribution in [2.45, 2.75) is 0 Å². The predicted octanol–water partition coefficient (Wildman–Crippen LogP) is 1.86. The van der Waals surface area contributed by atoms with Gasteiger partial charge in [0.25, 0.3) is 0 Å². The van der Waals surface area contributed by atoms with Crippen molar-refractivity contribution in [1.82, 2.24) is 0 Å². The number of hydrogen-bond donors (Lipinski definition) is 2. The van der Waals surface area contributed by atoms with Crippen LogP contribution in [0, 0.1) is 0 Å². The van der Waals surface area contributed by atoms with Gasteiger partial charge in [0.05, 0.1) is 18.2 Å². The maximum absolute atomic E-state index is 12.0. The van der Waals surface area contributed by atoms with Crippen molar-refractivity contribution in [3.8, 4) is 5.75 Å². The highest BCUT2D eigenvalue weighted by Crippen LogP contribution is 2.22. The second-order valence-electron chi connectivity index (χ2n) is 4.22. The minimum Gasteiger partial charge on any atom is -0.465 e. The van der Waals surface area contributed by atoms with Crippen LogP contribution in [-0.2, 0) is 4.74 Å². The number of nitrogen functional groups attached to an aromatic ring is 2. The molecule has 21 heavy (non-hydrogen) atoms. The van der Waals surface area contributed by atoms with E-state index in [1.807, 2.05) is 0 Å². The smallest absolute Gasteiger partial charge is 0.345 e. The average Bonchev–Trinajstić information content (AvgIpc) is 2.47. The van der Waals surface area contributed by atoms with Crippen LogP contribution in [0.2, 0.25) is 0 Å². The Labute approximate surface area is 121 Å². The third kappa shape index (κ3) is 3.11. The van der Waals surface area contributed by atoms with Crippen LogP contribution in [0.1, 0.15) is 20.7 Å². The van der Waals surface area contributed by atoms with E-state index in [2.05, 4.69) is 4.74 Å². The fraction of sp³-hybridized carbons (Fsp3) is 0.0667. The molecule has 0 saturated carbocycles. The number of nitrogens with two attached hydrogens (primary N) is 2. The summed E-state index contributed by atoms with van der Waals surface area (Å²) >= 11 is 0. The second-order valence-corrected chi connectivity index (χ2v) is 4.22. The maximum atomic E-state index is 12.0. The van der Waals surface area contributed by atoms with Crippen molar-refractivity contribution in [3.05, 3.63) is 53.6 Å². The molecule has 4 N–H and O–H groups in total. The van der Waals surface area contributed by atoms with E-state index in [-0.39, 0.29) is 22.6 Å². The van der Waals surface area contributed by atoms with Gasteiger partial charge in [-0.3, -0.25) is 0 Å². The zero-order chi connectivity index (χ0) is 15.4. The van der Waals surface area contributed by atoms with Crippen LogP contribution in [0.25, 0.3) is 0 Å². The molecule has 0 amide bonds. The van der Waals surface area contributed by atoms with Crippen LogP contribution in [0.4, 0.5) is 11.4 Å². The van der Waals surface area contributed by atoms with Gasteiger partial charge in [-0.2, -0.15) is 0 Å². The molecule has 0 unspecified atom stereocenters. The second kappa shape index (κ2) is 5.96. The number of carbonyl (C=O) groups excluding carboxylic acids is 2. The summed E-state index contributed by atoms with van der Waals surface area (Å²) in [5.74, 6) is -0.940. The lowest BCUT2D eigenvalue weighted by Gasteiger charge is -2.08. The average molecular weight is 286 g/mol. The number of ether oxygens (including phenoxy) is 2. The molecule has 2 aromatic rings. The fourth-order valence-electron chi connectivity index (χ4n) is 1.75. The zero-order valence-electron chi connectivity index (χ0n) is 11.3. The van der Waals surface area contributed by atoms with Gasteiger partial charge in [0.2, 0.25) is 0 Å². The third-order valence-corrected chi connectivity index (χ3v) is 2.82. The van der Waals surface area contributed by atoms with Crippen molar-refractivity contribution >= 4 is 23.3 Å². The van der Waals surface area contributed by atoms with Gasteiger partial charge < -0.3 is 20.9 Å². The lowest BCUT2D eigenvalue weighted by Crippen LogP contribution is -2.12. The first kappa shape index (κ1) is 14.4. The molecule has 0 aliphatic heterocycles. The number of esters is 2. The summed E-state index contributed by atoms with van der Waals surface area (Å²) in [5.41, 5.74) is 12.4.